The number of benzene rings is 2. The first-order valence-corrected chi connectivity index (χ1v) is 13.9. The molecular weight excluding hydrogens is 514 g/mol. The maximum atomic E-state index is 11.8. The second-order valence-corrected chi connectivity index (χ2v) is 11.2. The number of nitrogens with one attached hydrogen (secondary N) is 2. The van der Waals surface area contributed by atoms with Crippen LogP contribution in [0.4, 0.5) is 11.4 Å². The van der Waals surface area contributed by atoms with Crippen molar-refractivity contribution in [3.8, 4) is 5.69 Å². The van der Waals surface area contributed by atoms with E-state index in [1.54, 1.807) is 12.3 Å². The number of pyridine rings is 1. The molecule has 1 saturated heterocycles. The average molecular weight is 538 g/mol. The van der Waals surface area contributed by atoms with Crippen LogP contribution in [0.5, 0.6) is 0 Å². The highest BCUT2D eigenvalue weighted by molar-refractivity contribution is 7.92. The maximum Gasteiger partial charge on any atom is 0.229 e. The molecule has 7 nitrogen and oxygen atoms in total. The Bertz CT molecular complexity index is 1540. The van der Waals surface area contributed by atoms with Crippen LogP contribution in [0.15, 0.2) is 85.2 Å². The molecule has 10 heteroatoms. The van der Waals surface area contributed by atoms with Gasteiger partial charge in [0.2, 0.25) is 10.0 Å². The lowest BCUT2D eigenvalue weighted by Gasteiger charge is -2.29. The Morgan fingerprint density at radius 3 is 2.56 bits per heavy atom. The van der Waals surface area contributed by atoms with E-state index in [4.69, 9.17) is 23.8 Å². The van der Waals surface area contributed by atoms with Crippen molar-refractivity contribution in [2.24, 2.45) is 0 Å². The number of nitrogens with zero attached hydrogens (tertiary/aromatic N) is 3. The van der Waals surface area contributed by atoms with Crippen LogP contribution in [0.25, 0.3) is 5.69 Å². The van der Waals surface area contributed by atoms with E-state index in [0.717, 1.165) is 34.6 Å². The fourth-order valence-corrected chi connectivity index (χ4v) is 5.70. The minimum Gasteiger partial charge on any atom is -0.351 e. The Balaban J connectivity index is 1.64. The van der Waals surface area contributed by atoms with Crippen molar-refractivity contribution in [3.05, 3.63) is 107 Å². The molecule has 2 aromatic carbocycles. The Morgan fingerprint density at radius 2 is 1.86 bits per heavy atom. The predicted octanol–water partition coefficient (Wildman–Crippen LogP) is 5.38. The van der Waals surface area contributed by atoms with Crippen molar-refractivity contribution in [3.63, 3.8) is 0 Å². The molecule has 0 saturated carbocycles. The van der Waals surface area contributed by atoms with E-state index < -0.39 is 10.0 Å². The topological polar surface area (TPSA) is 79.3 Å². The highest BCUT2D eigenvalue weighted by atomic mass is 35.5. The second-order valence-electron chi connectivity index (χ2n) is 8.65. The number of hydrogen-bond acceptors (Lipinski definition) is 4. The zero-order chi connectivity index (χ0) is 25.4. The number of anilines is 2. The van der Waals surface area contributed by atoms with Gasteiger partial charge in [-0.2, -0.15) is 0 Å². The van der Waals surface area contributed by atoms with Gasteiger partial charge in [0.15, 0.2) is 5.11 Å². The third-order valence-corrected chi connectivity index (χ3v) is 7.19. The molecule has 0 unspecified atom stereocenters. The molecule has 0 amide bonds. The van der Waals surface area contributed by atoms with Crippen LogP contribution >= 0.6 is 23.8 Å². The zero-order valence-electron chi connectivity index (χ0n) is 19.6. The lowest BCUT2D eigenvalue weighted by Crippen LogP contribution is -2.30. The van der Waals surface area contributed by atoms with Gasteiger partial charge in [-0.3, -0.25) is 9.71 Å². The molecule has 3 heterocycles. The average Bonchev–Trinajstić information content (AvgIpc) is 3.44. The van der Waals surface area contributed by atoms with Gasteiger partial charge in [-0.25, -0.2) is 8.42 Å². The highest BCUT2D eigenvalue weighted by Crippen LogP contribution is 2.43. The number of halogens is 1. The van der Waals surface area contributed by atoms with Crippen molar-refractivity contribution >= 4 is 50.3 Å². The monoisotopic (exact) mass is 537 g/mol. The number of hydrogen-bond donors (Lipinski definition) is 2. The van der Waals surface area contributed by atoms with Crippen LogP contribution in [0.3, 0.4) is 0 Å². The van der Waals surface area contributed by atoms with Gasteiger partial charge in [0.05, 0.1) is 23.7 Å². The summed E-state index contributed by atoms with van der Waals surface area (Å²) in [4.78, 5) is 6.67. The van der Waals surface area contributed by atoms with Crippen LogP contribution in [-0.4, -0.2) is 29.3 Å². The molecule has 2 atom stereocenters. The van der Waals surface area contributed by atoms with Gasteiger partial charge in [-0.1, -0.05) is 23.7 Å². The molecule has 0 aliphatic carbocycles. The summed E-state index contributed by atoms with van der Waals surface area (Å²) in [6.45, 7) is 1.86. The summed E-state index contributed by atoms with van der Waals surface area (Å²) in [6, 6.07) is 22.7. The van der Waals surface area contributed by atoms with E-state index in [9.17, 15) is 8.42 Å². The summed E-state index contributed by atoms with van der Waals surface area (Å²) in [7, 11) is -3.40. The lowest BCUT2D eigenvalue weighted by molar-refractivity contribution is 0.549. The summed E-state index contributed by atoms with van der Waals surface area (Å²) >= 11 is 12.1. The molecule has 1 aliphatic rings. The Labute approximate surface area is 220 Å². The van der Waals surface area contributed by atoms with E-state index in [1.807, 2.05) is 73.8 Å². The maximum absolute atomic E-state index is 11.8. The van der Waals surface area contributed by atoms with Crippen molar-refractivity contribution in [1.29, 1.82) is 0 Å². The van der Waals surface area contributed by atoms with Gasteiger partial charge in [0.25, 0.3) is 0 Å². The molecule has 0 bridgehead atoms. The Morgan fingerprint density at radius 1 is 1.03 bits per heavy atom. The zero-order valence-corrected chi connectivity index (χ0v) is 22.0. The van der Waals surface area contributed by atoms with E-state index >= 15 is 0 Å². The van der Waals surface area contributed by atoms with Gasteiger partial charge in [-0.15, -0.1) is 0 Å². The number of aromatic nitrogens is 2. The lowest BCUT2D eigenvalue weighted by atomic mass is 10.0. The first kappa shape index (κ1) is 24.3. The van der Waals surface area contributed by atoms with Crippen LogP contribution < -0.4 is 14.9 Å². The van der Waals surface area contributed by atoms with Gasteiger partial charge in [-0.05, 0) is 85.4 Å². The predicted molar refractivity (Wildman–Crippen MR) is 148 cm³/mol. The summed E-state index contributed by atoms with van der Waals surface area (Å²) < 4.78 is 28.2. The fraction of sp³-hybridized carbons (Fsp3) is 0.154. The normalized spacial score (nSPS) is 17.8. The van der Waals surface area contributed by atoms with Crippen LogP contribution in [0.2, 0.25) is 5.02 Å². The third kappa shape index (κ3) is 4.82. The largest absolute Gasteiger partial charge is 0.351 e. The summed E-state index contributed by atoms with van der Waals surface area (Å²) in [5.41, 5.74) is 4.94. The molecule has 0 radical (unpaired) electrons. The Kier molecular flexibility index (Phi) is 6.46. The van der Waals surface area contributed by atoms with E-state index in [2.05, 4.69) is 30.6 Å². The molecule has 5 rings (SSSR count). The summed E-state index contributed by atoms with van der Waals surface area (Å²) in [5.74, 6) is 0. The fourth-order valence-electron chi connectivity index (χ4n) is 4.54. The smallest absolute Gasteiger partial charge is 0.229 e. The van der Waals surface area contributed by atoms with E-state index in [1.165, 1.54) is 0 Å². The minimum absolute atomic E-state index is 0.222. The third-order valence-electron chi connectivity index (χ3n) is 6.05. The quantitative estimate of drug-likeness (QED) is 0.321. The van der Waals surface area contributed by atoms with Gasteiger partial charge < -0.3 is 14.8 Å². The van der Waals surface area contributed by atoms with Crippen molar-refractivity contribution in [1.82, 2.24) is 14.9 Å². The van der Waals surface area contributed by atoms with Crippen molar-refractivity contribution < 1.29 is 8.42 Å². The molecule has 1 aliphatic heterocycles. The first-order valence-electron chi connectivity index (χ1n) is 11.2. The SMILES string of the molecule is Cc1cc(N2C(=S)N[C@H](c3ccccn3)[C@H]2c2cccn2-c2cccc(Cl)c2)ccc1NS(C)(=O)=O. The molecule has 36 heavy (non-hydrogen) atoms. The van der Waals surface area contributed by atoms with Crippen LogP contribution in [0, 0.1) is 6.92 Å². The summed E-state index contributed by atoms with van der Waals surface area (Å²) in [6.07, 6.45) is 4.91. The number of aryl methyl sites for hydroxylation is 1. The minimum atomic E-state index is -3.40. The first-order chi connectivity index (χ1) is 17.2. The molecule has 2 aromatic heterocycles. The molecular formula is C26H24ClN5O2S2. The van der Waals surface area contributed by atoms with Gasteiger partial charge in [0.1, 0.15) is 6.04 Å². The van der Waals surface area contributed by atoms with Crippen molar-refractivity contribution in [2.75, 3.05) is 15.9 Å². The Hall–Kier alpha value is -3.40. The second kappa shape index (κ2) is 9.57. The molecule has 4 aromatic rings. The summed E-state index contributed by atoms with van der Waals surface area (Å²) in [5, 5.41) is 4.66. The van der Waals surface area contributed by atoms with E-state index in [0.29, 0.717) is 15.8 Å². The van der Waals surface area contributed by atoms with Crippen molar-refractivity contribution in [2.45, 2.75) is 19.0 Å². The standard InChI is InChI=1S/C26H24ClN5O2S2/c1-17-15-20(11-12-21(17)30-36(2,33)34)32-25(24(29-26(32)35)22-9-3-4-13-28-22)23-10-6-14-31(23)19-8-5-7-18(27)16-19/h3-16,24-25,30H,1-2H3,(H,29,35)/t24-,25-/m1/s1. The van der Waals surface area contributed by atoms with Gasteiger partial charge in [0, 0.05) is 34.5 Å². The number of sulfonamides is 1. The molecule has 184 valence electrons. The number of thiocarbonyl (C=S) groups is 1. The molecule has 2 N–H and O–H groups in total. The molecule has 1 fully saturated rings. The van der Waals surface area contributed by atoms with Gasteiger partial charge >= 0.3 is 0 Å². The molecule has 0 spiro atoms. The van der Waals surface area contributed by atoms with Crippen LogP contribution in [-0.2, 0) is 10.0 Å². The number of rotatable bonds is 6. The highest BCUT2D eigenvalue weighted by Gasteiger charge is 2.42. The van der Waals surface area contributed by atoms with Crippen LogP contribution in [0.1, 0.15) is 29.0 Å². The van der Waals surface area contributed by atoms with E-state index in [-0.39, 0.29) is 12.1 Å².